The molecule has 0 aromatic carbocycles. The number of hydrogen-bond donors (Lipinski definition) is 5. The molecule has 3 aromatic rings. The quantitative estimate of drug-likeness (QED) is 0.209. The van der Waals surface area contributed by atoms with E-state index in [1.807, 2.05) is 6.07 Å². The number of aliphatic hydroxyl groups is 2. The minimum Gasteiger partial charge on any atom is -0.395 e. The molecule has 0 aliphatic heterocycles. The molecule has 13 nitrogen and oxygen atoms in total. The zero-order valence-electron chi connectivity index (χ0n) is 17.4. The molecule has 0 unspecified atom stereocenters. The number of aromatic nitrogens is 5. The van der Waals surface area contributed by atoms with Crippen molar-refractivity contribution in [2.45, 2.75) is 12.7 Å². The van der Waals surface area contributed by atoms with E-state index in [0.29, 0.717) is 21.5 Å². The highest BCUT2D eigenvalue weighted by atomic mass is 32.1. The van der Waals surface area contributed by atoms with Gasteiger partial charge in [0.25, 0.3) is 0 Å². The van der Waals surface area contributed by atoms with Gasteiger partial charge in [0, 0.05) is 24.4 Å². The second kappa shape index (κ2) is 11.3. The lowest BCUT2D eigenvalue weighted by molar-refractivity contribution is 0.311. The lowest BCUT2D eigenvalue weighted by atomic mass is 10.1. The zero-order chi connectivity index (χ0) is 23.8. The van der Waals surface area contributed by atoms with Gasteiger partial charge in [0.1, 0.15) is 34.2 Å². The number of thiol groups is 1. The van der Waals surface area contributed by atoms with Crippen molar-refractivity contribution in [3.05, 3.63) is 27.9 Å². The van der Waals surface area contributed by atoms with Crippen molar-refractivity contribution in [3.63, 3.8) is 0 Å². The number of nitrogens with zero attached hydrogens (tertiary/aromatic N) is 9. The maximum Gasteiger partial charge on any atom is 0.232 e. The summed E-state index contributed by atoms with van der Waals surface area (Å²) in [5.74, 6) is 1.01. The highest BCUT2D eigenvalue weighted by Gasteiger charge is 2.18. The second-order valence-corrected chi connectivity index (χ2v) is 7.69. The first-order valence-electron chi connectivity index (χ1n) is 9.55. The highest BCUT2D eigenvalue weighted by Crippen LogP contribution is 2.35. The predicted molar refractivity (Wildman–Crippen MR) is 123 cm³/mol. The maximum absolute atomic E-state index is 9.61. The average molecular weight is 486 g/mol. The Labute approximate surface area is 197 Å². The van der Waals surface area contributed by atoms with Crippen LogP contribution in [0.5, 0.6) is 0 Å². The normalized spacial score (nSPS) is 10.8. The smallest absolute Gasteiger partial charge is 0.232 e. The number of azo groups is 1. The summed E-state index contributed by atoms with van der Waals surface area (Å²) in [5.41, 5.74) is 1.11. The number of pyridine rings is 1. The van der Waals surface area contributed by atoms with Crippen LogP contribution in [0, 0.1) is 29.6 Å². The molecule has 0 aliphatic carbocycles. The lowest BCUT2D eigenvalue weighted by Gasteiger charge is -2.14. The highest BCUT2D eigenvalue weighted by molar-refractivity contribution is 7.79. The van der Waals surface area contributed by atoms with E-state index in [0.717, 1.165) is 0 Å². The van der Waals surface area contributed by atoms with Crippen LogP contribution in [0.3, 0.4) is 0 Å². The second-order valence-electron chi connectivity index (χ2n) is 6.33. The van der Waals surface area contributed by atoms with Crippen molar-refractivity contribution in [3.8, 4) is 17.3 Å². The van der Waals surface area contributed by atoms with Gasteiger partial charge in [-0.3, -0.25) is 0 Å². The van der Waals surface area contributed by atoms with Crippen LogP contribution in [0.25, 0.3) is 5.13 Å². The van der Waals surface area contributed by atoms with Gasteiger partial charge in [-0.25, -0.2) is 9.67 Å². The summed E-state index contributed by atoms with van der Waals surface area (Å²) in [6, 6.07) is 4.09. The van der Waals surface area contributed by atoms with Crippen molar-refractivity contribution < 1.29 is 10.2 Å². The van der Waals surface area contributed by atoms with E-state index < -0.39 is 0 Å². The van der Waals surface area contributed by atoms with Crippen molar-refractivity contribution in [2.24, 2.45) is 10.2 Å². The zero-order valence-corrected chi connectivity index (χ0v) is 19.1. The fourth-order valence-electron chi connectivity index (χ4n) is 2.67. The molecular formula is C18H19N11O2S2. The van der Waals surface area contributed by atoms with Gasteiger partial charge in [-0.15, -0.1) is 25.5 Å². The molecule has 15 heteroatoms. The molecule has 3 rings (SSSR count). The maximum atomic E-state index is 9.61. The van der Waals surface area contributed by atoms with Crippen LogP contribution in [0.2, 0.25) is 0 Å². The minimum absolute atomic E-state index is 0.0496. The molecule has 33 heavy (non-hydrogen) atoms. The summed E-state index contributed by atoms with van der Waals surface area (Å²) in [4.78, 5) is 4.36. The summed E-state index contributed by atoms with van der Waals surface area (Å²) in [5, 5.41) is 64.9. The van der Waals surface area contributed by atoms with Gasteiger partial charge in [-0.1, -0.05) is 11.3 Å². The fourth-order valence-corrected chi connectivity index (χ4v) is 3.55. The Bertz CT molecular complexity index is 1240. The number of anilines is 2. The van der Waals surface area contributed by atoms with Crippen molar-refractivity contribution in [1.82, 2.24) is 25.0 Å². The van der Waals surface area contributed by atoms with Gasteiger partial charge in [0.2, 0.25) is 10.9 Å². The molecule has 0 amide bonds. The third-order valence-electron chi connectivity index (χ3n) is 4.18. The Morgan fingerprint density at radius 2 is 1.85 bits per heavy atom. The molecule has 0 aliphatic rings. The standard InChI is InChI=1S/C18H19N11O2S2/c1-10-12(7-20)16(21-2-4-30)23-17(22-3-5-31)14(10)25-26-15-11(6-19)8-29(28-15)18-27-24-13(9-32)33-18/h8,30-32H,2-5,9H2,1H3,(H2,21,22,23)/b26-25+. The molecule has 0 bridgehead atoms. The van der Waals surface area contributed by atoms with Crippen LogP contribution in [0.4, 0.5) is 23.1 Å². The Morgan fingerprint density at radius 3 is 2.45 bits per heavy atom. The van der Waals surface area contributed by atoms with Gasteiger partial charge in [0.15, 0.2) is 5.82 Å². The van der Waals surface area contributed by atoms with E-state index in [-0.39, 0.29) is 60.6 Å². The topological polar surface area (TPSA) is 193 Å². The fraction of sp³-hybridized carbons (Fsp3) is 0.333. The van der Waals surface area contributed by atoms with Crippen molar-refractivity contribution in [1.29, 1.82) is 10.5 Å². The first-order chi connectivity index (χ1) is 16.1. The number of hydrogen-bond acceptors (Lipinski definition) is 14. The van der Waals surface area contributed by atoms with Crippen LogP contribution < -0.4 is 10.6 Å². The van der Waals surface area contributed by atoms with E-state index in [2.05, 4.69) is 59.8 Å². The van der Waals surface area contributed by atoms with Gasteiger partial charge < -0.3 is 20.8 Å². The Morgan fingerprint density at radius 1 is 1.12 bits per heavy atom. The van der Waals surface area contributed by atoms with E-state index >= 15 is 0 Å². The Kier molecular flexibility index (Phi) is 8.22. The predicted octanol–water partition coefficient (Wildman–Crippen LogP) is 1.82. The van der Waals surface area contributed by atoms with Crippen molar-refractivity contribution in [2.75, 3.05) is 36.9 Å². The average Bonchev–Trinajstić information content (AvgIpc) is 3.47. The molecule has 3 heterocycles. The summed E-state index contributed by atoms with van der Waals surface area (Å²) in [6.07, 6.45) is 1.47. The van der Waals surface area contributed by atoms with Crippen LogP contribution in [-0.2, 0) is 5.75 Å². The largest absolute Gasteiger partial charge is 0.395 e. The molecule has 0 saturated carbocycles. The summed E-state index contributed by atoms with van der Waals surface area (Å²) in [7, 11) is 0. The summed E-state index contributed by atoms with van der Waals surface area (Å²) >= 11 is 5.44. The minimum atomic E-state index is -0.157. The number of aliphatic hydroxyl groups excluding tert-OH is 2. The van der Waals surface area contributed by atoms with E-state index in [4.69, 9.17) is 5.11 Å². The van der Waals surface area contributed by atoms with Gasteiger partial charge >= 0.3 is 0 Å². The first-order valence-corrected chi connectivity index (χ1v) is 11.0. The Hall–Kier alpha value is -3.63. The monoisotopic (exact) mass is 485 g/mol. The van der Waals surface area contributed by atoms with Gasteiger partial charge in [-0.05, 0) is 6.92 Å². The van der Waals surface area contributed by atoms with Crippen molar-refractivity contribution >= 4 is 47.1 Å². The molecule has 3 aromatic heterocycles. The molecule has 0 atom stereocenters. The molecule has 4 N–H and O–H groups in total. The first kappa shape index (κ1) is 24.0. The third-order valence-corrected chi connectivity index (χ3v) is 5.61. The van der Waals surface area contributed by atoms with Crippen LogP contribution in [-0.4, -0.2) is 61.5 Å². The SMILES string of the molecule is Cc1c(C#N)c(NCCO)nc(NCCO)c1/N=N/c1nn(-c2nnc(CS)s2)cc1C#N. The number of rotatable bonds is 10. The van der Waals surface area contributed by atoms with Crippen LogP contribution in [0.15, 0.2) is 16.4 Å². The van der Waals surface area contributed by atoms with Gasteiger partial charge in [0.05, 0.1) is 25.0 Å². The third kappa shape index (κ3) is 5.41. The summed E-state index contributed by atoms with van der Waals surface area (Å²) in [6.45, 7) is 1.76. The number of nitriles is 2. The van der Waals surface area contributed by atoms with E-state index in [1.165, 1.54) is 22.2 Å². The van der Waals surface area contributed by atoms with Crippen LogP contribution in [0.1, 0.15) is 21.7 Å². The molecule has 0 saturated heterocycles. The lowest BCUT2D eigenvalue weighted by Crippen LogP contribution is -2.13. The van der Waals surface area contributed by atoms with E-state index in [1.54, 1.807) is 6.92 Å². The Balaban J connectivity index is 2.03. The molecule has 0 radical (unpaired) electrons. The summed E-state index contributed by atoms with van der Waals surface area (Å²) < 4.78 is 1.39. The molecule has 0 spiro atoms. The number of nitrogens with one attached hydrogen (secondary N) is 2. The molecular weight excluding hydrogens is 466 g/mol. The molecule has 0 fully saturated rings. The van der Waals surface area contributed by atoms with Crippen LogP contribution >= 0.6 is 24.0 Å². The van der Waals surface area contributed by atoms with E-state index in [9.17, 15) is 15.6 Å². The molecule has 170 valence electrons. The van der Waals surface area contributed by atoms with Gasteiger partial charge in [-0.2, -0.15) is 23.2 Å².